The van der Waals surface area contributed by atoms with Crippen LogP contribution in [-0.4, -0.2) is 26.5 Å². The van der Waals surface area contributed by atoms with Gasteiger partial charge in [0.05, 0.1) is 5.92 Å². The summed E-state index contributed by atoms with van der Waals surface area (Å²) in [5.74, 6) is 1.27. The molecule has 6 heteroatoms. The molecule has 4 rings (SSSR count). The summed E-state index contributed by atoms with van der Waals surface area (Å²) in [6.45, 7) is 0.781. The van der Waals surface area contributed by atoms with Crippen molar-refractivity contribution >= 4 is 5.69 Å². The van der Waals surface area contributed by atoms with Crippen LogP contribution in [0, 0.1) is 0 Å². The standard InChI is InChI=1S/C14H13N5O/c1-19-7-6-12(17-19)13-16-14(20-18-13)10-8-15-11-5-3-2-4-9(10)11/h2-7,10,15H,8H2,1H3. The molecule has 0 aliphatic carbocycles. The van der Waals surface area contributed by atoms with Gasteiger partial charge in [0.2, 0.25) is 11.7 Å². The number of anilines is 1. The lowest BCUT2D eigenvalue weighted by atomic mass is 10.0. The van der Waals surface area contributed by atoms with Gasteiger partial charge in [0.15, 0.2) is 0 Å². The fourth-order valence-corrected chi connectivity index (χ4v) is 2.52. The fourth-order valence-electron chi connectivity index (χ4n) is 2.52. The van der Waals surface area contributed by atoms with Crippen molar-refractivity contribution in [2.75, 3.05) is 11.9 Å². The van der Waals surface area contributed by atoms with Gasteiger partial charge in [-0.1, -0.05) is 23.4 Å². The van der Waals surface area contributed by atoms with Gasteiger partial charge in [-0.25, -0.2) is 0 Å². The van der Waals surface area contributed by atoms with Gasteiger partial charge in [-0.15, -0.1) is 0 Å². The molecule has 0 saturated carbocycles. The van der Waals surface area contributed by atoms with Gasteiger partial charge >= 0.3 is 0 Å². The smallest absolute Gasteiger partial charge is 0.236 e. The maximum atomic E-state index is 5.42. The van der Waals surface area contributed by atoms with Gasteiger partial charge in [0, 0.05) is 25.5 Å². The molecule has 3 heterocycles. The Morgan fingerprint density at radius 2 is 2.20 bits per heavy atom. The highest BCUT2D eigenvalue weighted by atomic mass is 16.5. The molecule has 0 amide bonds. The number of hydrogen-bond acceptors (Lipinski definition) is 5. The average molecular weight is 267 g/mol. The highest BCUT2D eigenvalue weighted by molar-refractivity contribution is 5.59. The van der Waals surface area contributed by atoms with Crippen LogP contribution in [0.25, 0.3) is 11.5 Å². The lowest BCUT2D eigenvalue weighted by Crippen LogP contribution is -2.04. The molecular weight excluding hydrogens is 254 g/mol. The van der Waals surface area contributed by atoms with Gasteiger partial charge in [0.1, 0.15) is 5.69 Å². The Morgan fingerprint density at radius 3 is 3.05 bits per heavy atom. The van der Waals surface area contributed by atoms with E-state index in [-0.39, 0.29) is 5.92 Å². The van der Waals surface area contributed by atoms with Crippen LogP contribution < -0.4 is 5.32 Å². The van der Waals surface area contributed by atoms with E-state index in [0.717, 1.165) is 17.9 Å². The van der Waals surface area contributed by atoms with Gasteiger partial charge < -0.3 is 9.84 Å². The summed E-state index contributed by atoms with van der Waals surface area (Å²) in [6.07, 6.45) is 1.86. The third-order valence-corrected chi connectivity index (χ3v) is 3.52. The van der Waals surface area contributed by atoms with Crippen LogP contribution in [0.4, 0.5) is 5.69 Å². The summed E-state index contributed by atoms with van der Waals surface area (Å²) in [5.41, 5.74) is 3.06. The van der Waals surface area contributed by atoms with E-state index in [1.165, 1.54) is 5.56 Å². The molecule has 2 aromatic heterocycles. The Kier molecular flexibility index (Phi) is 2.35. The van der Waals surface area contributed by atoms with Crippen LogP contribution in [0.1, 0.15) is 17.4 Å². The lowest BCUT2D eigenvalue weighted by molar-refractivity contribution is 0.370. The van der Waals surface area contributed by atoms with E-state index in [1.807, 2.05) is 31.4 Å². The highest BCUT2D eigenvalue weighted by Crippen LogP contribution is 2.35. The molecule has 1 unspecified atom stereocenters. The predicted octanol–water partition coefficient (Wildman–Crippen LogP) is 2.03. The molecule has 20 heavy (non-hydrogen) atoms. The normalized spacial score (nSPS) is 16.9. The van der Waals surface area contributed by atoms with Crippen LogP contribution in [-0.2, 0) is 7.05 Å². The number of nitrogens with zero attached hydrogens (tertiary/aromatic N) is 4. The number of benzene rings is 1. The van der Waals surface area contributed by atoms with E-state index in [1.54, 1.807) is 4.68 Å². The Labute approximate surface area is 115 Å². The van der Waals surface area contributed by atoms with Crippen LogP contribution >= 0.6 is 0 Å². The van der Waals surface area contributed by atoms with E-state index in [2.05, 4.69) is 32.7 Å². The fraction of sp³-hybridized carbons (Fsp3) is 0.214. The Balaban J connectivity index is 1.70. The monoisotopic (exact) mass is 267 g/mol. The summed E-state index contributed by atoms with van der Waals surface area (Å²) >= 11 is 0. The predicted molar refractivity (Wildman–Crippen MR) is 73.3 cm³/mol. The first-order valence-corrected chi connectivity index (χ1v) is 6.48. The van der Waals surface area contributed by atoms with Gasteiger partial charge in [-0.05, 0) is 17.7 Å². The zero-order chi connectivity index (χ0) is 13.5. The van der Waals surface area contributed by atoms with Crippen molar-refractivity contribution < 1.29 is 4.52 Å². The number of rotatable bonds is 2. The molecule has 1 aliphatic rings. The molecular formula is C14H13N5O. The van der Waals surface area contributed by atoms with Crippen molar-refractivity contribution in [2.45, 2.75) is 5.92 Å². The molecule has 0 spiro atoms. The molecule has 100 valence electrons. The molecule has 1 aliphatic heterocycles. The van der Waals surface area contributed by atoms with Crippen molar-refractivity contribution in [3.05, 3.63) is 48.0 Å². The Morgan fingerprint density at radius 1 is 1.30 bits per heavy atom. The SMILES string of the molecule is Cn1ccc(-c2noc(C3CNc4ccccc43)n2)n1. The van der Waals surface area contributed by atoms with Crippen molar-refractivity contribution in [3.63, 3.8) is 0 Å². The van der Waals surface area contributed by atoms with Gasteiger partial charge in [0.25, 0.3) is 0 Å². The number of aryl methyl sites for hydroxylation is 1. The van der Waals surface area contributed by atoms with E-state index >= 15 is 0 Å². The third kappa shape index (κ3) is 1.69. The number of aromatic nitrogens is 4. The number of hydrogen-bond donors (Lipinski definition) is 1. The molecule has 1 N–H and O–H groups in total. The highest BCUT2D eigenvalue weighted by Gasteiger charge is 2.28. The maximum Gasteiger partial charge on any atom is 0.236 e. The molecule has 0 bridgehead atoms. The Hall–Kier alpha value is -2.63. The second-order valence-electron chi connectivity index (χ2n) is 4.85. The first-order valence-electron chi connectivity index (χ1n) is 6.48. The third-order valence-electron chi connectivity index (χ3n) is 3.52. The maximum absolute atomic E-state index is 5.42. The lowest BCUT2D eigenvalue weighted by Gasteiger charge is -2.02. The summed E-state index contributed by atoms with van der Waals surface area (Å²) in [4.78, 5) is 4.48. The summed E-state index contributed by atoms with van der Waals surface area (Å²) < 4.78 is 7.14. The van der Waals surface area contributed by atoms with Gasteiger partial charge in [-0.3, -0.25) is 4.68 Å². The zero-order valence-electron chi connectivity index (χ0n) is 10.9. The average Bonchev–Trinajstić information content (AvgIpc) is 3.15. The molecule has 3 aromatic rings. The number of para-hydroxylation sites is 1. The van der Waals surface area contributed by atoms with Crippen LogP contribution in [0.2, 0.25) is 0 Å². The first-order chi connectivity index (χ1) is 9.81. The van der Waals surface area contributed by atoms with E-state index in [4.69, 9.17) is 4.52 Å². The second-order valence-corrected chi connectivity index (χ2v) is 4.85. The largest absolute Gasteiger partial charge is 0.384 e. The summed E-state index contributed by atoms with van der Waals surface area (Å²) in [7, 11) is 1.86. The molecule has 6 nitrogen and oxygen atoms in total. The Bertz CT molecular complexity index is 760. The van der Waals surface area contributed by atoms with E-state index < -0.39 is 0 Å². The molecule has 0 radical (unpaired) electrons. The van der Waals surface area contributed by atoms with E-state index in [0.29, 0.717) is 11.7 Å². The van der Waals surface area contributed by atoms with Gasteiger partial charge in [-0.2, -0.15) is 10.1 Å². The minimum Gasteiger partial charge on any atom is -0.384 e. The second kappa shape index (κ2) is 4.19. The minimum absolute atomic E-state index is 0.108. The molecule has 0 fully saturated rings. The molecule has 1 atom stereocenters. The first kappa shape index (κ1) is 11.2. The molecule has 0 saturated heterocycles. The topological polar surface area (TPSA) is 68.8 Å². The van der Waals surface area contributed by atoms with Crippen molar-refractivity contribution in [3.8, 4) is 11.5 Å². The van der Waals surface area contributed by atoms with Crippen LogP contribution in [0.3, 0.4) is 0 Å². The summed E-state index contributed by atoms with van der Waals surface area (Å²) in [5, 5.41) is 11.7. The van der Waals surface area contributed by atoms with Crippen molar-refractivity contribution in [1.29, 1.82) is 0 Å². The van der Waals surface area contributed by atoms with Crippen LogP contribution in [0.15, 0.2) is 41.1 Å². The quantitative estimate of drug-likeness (QED) is 0.769. The summed E-state index contributed by atoms with van der Waals surface area (Å²) in [6, 6.07) is 10.1. The van der Waals surface area contributed by atoms with Crippen molar-refractivity contribution in [1.82, 2.24) is 19.9 Å². The van der Waals surface area contributed by atoms with Crippen LogP contribution in [0.5, 0.6) is 0 Å². The van der Waals surface area contributed by atoms with E-state index in [9.17, 15) is 0 Å². The molecule has 1 aromatic carbocycles. The number of nitrogens with one attached hydrogen (secondary N) is 1. The zero-order valence-corrected chi connectivity index (χ0v) is 10.9. The van der Waals surface area contributed by atoms with Crippen molar-refractivity contribution in [2.24, 2.45) is 7.05 Å². The number of fused-ring (bicyclic) bond motifs is 1. The minimum atomic E-state index is 0.108.